The summed E-state index contributed by atoms with van der Waals surface area (Å²) in [7, 11) is -4.64. The molecule has 5 heteroatoms. The number of unbranched alkanes of at least 4 members (excludes halogenated alkanes) is 2. The van der Waals surface area contributed by atoms with Crippen molar-refractivity contribution in [2.75, 3.05) is 0 Å². The highest BCUT2D eigenvalue weighted by atomic mass is 31.2. The van der Waals surface area contributed by atoms with Crippen LogP contribution in [0, 0.1) is 5.92 Å². The molecule has 0 rings (SSSR count). The van der Waals surface area contributed by atoms with Crippen LogP contribution in [-0.2, 0) is 4.57 Å². The first-order valence-corrected chi connectivity index (χ1v) is 7.16. The lowest BCUT2D eigenvalue weighted by Crippen LogP contribution is -1.92. The zero-order valence-corrected chi connectivity index (χ0v) is 10.9. The van der Waals surface area contributed by atoms with Crippen LogP contribution in [0.4, 0.5) is 0 Å². The maximum atomic E-state index is 8.88. The van der Waals surface area contributed by atoms with Crippen LogP contribution in [0.3, 0.4) is 0 Å². The van der Waals surface area contributed by atoms with Crippen molar-refractivity contribution in [1.29, 1.82) is 0 Å². The van der Waals surface area contributed by atoms with Gasteiger partial charge in [-0.25, -0.2) is 4.57 Å². The standard InChI is InChI=1S/C10H22.H3O4P/c1-4-6-7-9-10(3)8-5-2;1-5(2,3)4/h10H,4-9H2,1-3H3;(H3,1,2,3,4). The normalized spacial score (nSPS) is 12.9. The molecule has 0 aromatic rings. The van der Waals surface area contributed by atoms with E-state index < -0.39 is 7.82 Å². The molecule has 0 fully saturated rings. The fourth-order valence-electron chi connectivity index (χ4n) is 1.38. The van der Waals surface area contributed by atoms with Crippen LogP contribution in [0.1, 0.15) is 59.3 Å². The summed E-state index contributed by atoms with van der Waals surface area (Å²) in [6.07, 6.45) is 8.45. The molecule has 0 aliphatic rings. The first kappa shape index (κ1) is 17.5. The smallest absolute Gasteiger partial charge is 0.303 e. The highest BCUT2D eigenvalue weighted by Crippen LogP contribution is 2.25. The van der Waals surface area contributed by atoms with Crippen molar-refractivity contribution < 1.29 is 19.2 Å². The summed E-state index contributed by atoms with van der Waals surface area (Å²) in [5.41, 5.74) is 0. The van der Waals surface area contributed by atoms with Crippen LogP contribution in [0.25, 0.3) is 0 Å². The zero-order chi connectivity index (χ0) is 12.3. The lowest BCUT2D eigenvalue weighted by Gasteiger charge is -2.07. The average Bonchev–Trinajstić information content (AvgIpc) is 2.02. The van der Waals surface area contributed by atoms with Crippen molar-refractivity contribution in [1.82, 2.24) is 0 Å². The Balaban J connectivity index is 0. The van der Waals surface area contributed by atoms with E-state index in [1.165, 1.54) is 38.5 Å². The predicted molar refractivity (Wildman–Crippen MR) is 62.5 cm³/mol. The highest BCUT2D eigenvalue weighted by Gasteiger charge is 2.00. The molecule has 0 aromatic heterocycles. The SMILES string of the molecule is CCCCCC(C)CCC.O=P(O)(O)O. The third kappa shape index (κ3) is 31.5. The molecule has 4 nitrogen and oxygen atoms in total. The van der Waals surface area contributed by atoms with Crippen molar-refractivity contribution >= 4 is 7.82 Å². The summed E-state index contributed by atoms with van der Waals surface area (Å²) in [4.78, 5) is 21.6. The van der Waals surface area contributed by atoms with Crippen LogP contribution in [0.15, 0.2) is 0 Å². The first-order chi connectivity index (χ1) is 6.81. The molecule has 0 aliphatic heterocycles. The minimum absolute atomic E-state index is 0.969. The summed E-state index contributed by atoms with van der Waals surface area (Å²) in [6, 6.07) is 0. The summed E-state index contributed by atoms with van der Waals surface area (Å²) in [5, 5.41) is 0. The van der Waals surface area contributed by atoms with Gasteiger partial charge in [-0.05, 0) is 5.92 Å². The summed E-state index contributed by atoms with van der Waals surface area (Å²) in [5.74, 6) is 0.969. The molecule has 0 aromatic carbocycles. The Morgan fingerprint density at radius 1 is 1.00 bits per heavy atom. The first-order valence-electron chi connectivity index (χ1n) is 5.59. The summed E-state index contributed by atoms with van der Waals surface area (Å²) in [6.45, 7) is 6.92. The fraction of sp³-hybridized carbons (Fsp3) is 1.00. The van der Waals surface area contributed by atoms with Crippen LogP contribution in [0.2, 0.25) is 0 Å². The van der Waals surface area contributed by atoms with Gasteiger partial charge in [0, 0.05) is 0 Å². The van der Waals surface area contributed by atoms with Gasteiger partial charge in [0.15, 0.2) is 0 Å². The van der Waals surface area contributed by atoms with Crippen molar-refractivity contribution in [2.45, 2.75) is 59.3 Å². The topological polar surface area (TPSA) is 77.8 Å². The minimum atomic E-state index is -4.64. The van der Waals surface area contributed by atoms with E-state index in [4.69, 9.17) is 19.2 Å². The number of phosphoric acid groups is 1. The molecule has 3 N–H and O–H groups in total. The molecule has 0 saturated carbocycles. The Kier molecular flexibility index (Phi) is 12.4. The van der Waals surface area contributed by atoms with Gasteiger partial charge in [0.25, 0.3) is 0 Å². The molecule has 0 saturated heterocycles. The fourth-order valence-corrected chi connectivity index (χ4v) is 1.38. The number of rotatable bonds is 6. The van der Waals surface area contributed by atoms with E-state index in [2.05, 4.69) is 20.8 Å². The van der Waals surface area contributed by atoms with E-state index >= 15 is 0 Å². The quantitative estimate of drug-likeness (QED) is 0.492. The third-order valence-corrected chi connectivity index (χ3v) is 2.08. The molecule has 0 radical (unpaired) electrons. The Hall–Kier alpha value is 0.110. The molecule has 94 valence electrons. The molecular weight excluding hydrogens is 215 g/mol. The Morgan fingerprint density at radius 3 is 1.80 bits per heavy atom. The average molecular weight is 240 g/mol. The molecule has 15 heavy (non-hydrogen) atoms. The Bertz CT molecular complexity index is 159. The van der Waals surface area contributed by atoms with E-state index in [1.807, 2.05) is 0 Å². The number of hydrogen-bond donors (Lipinski definition) is 3. The summed E-state index contributed by atoms with van der Waals surface area (Å²) < 4.78 is 8.88. The van der Waals surface area contributed by atoms with E-state index in [0.717, 1.165) is 5.92 Å². The van der Waals surface area contributed by atoms with Gasteiger partial charge in [0.05, 0.1) is 0 Å². The molecule has 1 unspecified atom stereocenters. The van der Waals surface area contributed by atoms with Crippen molar-refractivity contribution in [3.63, 3.8) is 0 Å². The van der Waals surface area contributed by atoms with Gasteiger partial charge in [-0.2, -0.15) is 0 Å². The molecule has 0 spiro atoms. The van der Waals surface area contributed by atoms with Gasteiger partial charge in [-0.1, -0.05) is 59.3 Å². The third-order valence-electron chi connectivity index (χ3n) is 2.08. The summed E-state index contributed by atoms with van der Waals surface area (Å²) >= 11 is 0. The lowest BCUT2D eigenvalue weighted by molar-refractivity contribution is 0.275. The van der Waals surface area contributed by atoms with Crippen LogP contribution >= 0.6 is 7.82 Å². The second kappa shape index (κ2) is 10.6. The molecule has 0 aliphatic carbocycles. The second-order valence-corrected chi connectivity index (χ2v) is 4.93. The molecule has 0 heterocycles. The van der Waals surface area contributed by atoms with Crippen molar-refractivity contribution in [2.24, 2.45) is 5.92 Å². The van der Waals surface area contributed by atoms with Gasteiger partial charge in [0.2, 0.25) is 0 Å². The minimum Gasteiger partial charge on any atom is -0.303 e. The Labute approximate surface area is 93.0 Å². The van der Waals surface area contributed by atoms with E-state index in [1.54, 1.807) is 0 Å². The van der Waals surface area contributed by atoms with E-state index in [-0.39, 0.29) is 0 Å². The van der Waals surface area contributed by atoms with Gasteiger partial charge in [-0.15, -0.1) is 0 Å². The van der Waals surface area contributed by atoms with E-state index in [9.17, 15) is 0 Å². The second-order valence-electron chi connectivity index (χ2n) is 3.90. The molecule has 1 atom stereocenters. The van der Waals surface area contributed by atoms with Gasteiger partial charge < -0.3 is 14.7 Å². The van der Waals surface area contributed by atoms with Crippen LogP contribution < -0.4 is 0 Å². The highest BCUT2D eigenvalue weighted by molar-refractivity contribution is 7.45. The molecule has 0 amide bonds. The van der Waals surface area contributed by atoms with E-state index in [0.29, 0.717) is 0 Å². The maximum Gasteiger partial charge on any atom is 0.466 e. The van der Waals surface area contributed by atoms with Crippen molar-refractivity contribution in [3.8, 4) is 0 Å². The number of hydrogen-bond acceptors (Lipinski definition) is 1. The maximum absolute atomic E-state index is 8.88. The zero-order valence-electron chi connectivity index (χ0n) is 10.0. The van der Waals surface area contributed by atoms with Gasteiger partial charge in [0.1, 0.15) is 0 Å². The lowest BCUT2D eigenvalue weighted by atomic mass is 9.99. The Morgan fingerprint density at radius 2 is 1.47 bits per heavy atom. The monoisotopic (exact) mass is 240 g/mol. The van der Waals surface area contributed by atoms with Gasteiger partial charge in [-0.3, -0.25) is 0 Å². The van der Waals surface area contributed by atoms with Crippen LogP contribution in [0.5, 0.6) is 0 Å². The largest absolute Gasteiger partial charge is 0.466 e. The van der Waals surface area contributed by atoms with Crippen LogP contribution in [-0.4, -0.2) is 14.7 Å². The molecule has 0 bridgehead atoms. The van der Waals surface area contributed by atoms with Crippen molar-refractivity contribution in [3.05, 3.63) is 0 Å². The molecular formula is C10H25O4P. The predicted octanol–water partition coefficient (Wildman–Crippen LogP) is 3.07. The van der Waals surface area contributed by atoms with Gasteiger partial charge >= 0.3 is 7.82 Å².